The van der Waals surface area contributed by atoms with Crippen LogP contribution in [0.1, 0.15) is 35.3 Å². The Balaban J connectivity index is 1.77. The van der Waals surface area contributed by atoms with Crippen molar-refractivity contribution >= 4 is 11.6 Å². The summed E-state index contributed by atoms with van der Waals surface area (Å²) in [5, 5.41) is 0. The Morgan fingerprint density at radius 1 is 0.889 bits per heavy atom. The summed E-state index contributed by atoms with van der Waals surface area (Å²) in [6.45, 7) is 2.07. The lowest BCUT2D eigenvalue weighted by atomic mass is 9.82. The molecule has 0 N–H and O–H groups in total. The molecular formula is C24H20O3. The summed E-state index contributed by atoms with van der Waals surface area (Å²) < 4.78 is 18.5. The molecule has 0 saturated heterocycles. The van der Waals surface area contributed by atoms with Crippen LogP contribution in [0.3, 0.4) is 0 Å². The average molecular weight is 356 g/mol. The minimum atomic E-state index is -0.978. The van der Waals surface area contributed by atoms with Crippen LogP contribution in [0.4, 0.5) is 0 Å². The van der Waals surface area contributed by atoms with Crippen LogP contribution in [-0.2, 0) is 10.5 Å². The zero-order chi connectivity index (χ0) is 18.4. The molecule has 0 amide bonds. The van der Waals surface area contributed by atoms with Crippen LogP contribution < -0.4 is 9.47 Å². The molecule has 2 unspecified atom stereocenters. The molecule has 3 aromatic carbocycles. The van der Waals surface area contributed by atoms with Crippen LogP contribution in [0, 0.1) is 0 Å². The molecule has 0 bridgehead atoms. The van der Waals surface area contributed by atoms with Crippen LogP contribution in [0.25, 0.3) is 11.6 Å². The molecule has 134 valence electrons. The molecule has 2 heterocycles. The molecule has 3 heteroatoms. The topological polar surface area (TPSA) is 27.7 Å². The van der Waals surface area contributed by atoms with E-state index in [2.05, 4.69) is 43.3 Å². The smallest absolute Gasteiger partial charge is 0.265 e. The predicted molar refractivity (Wildman–Crippen MR) is 106 cm³/mol. The van der Waals surface area contributed by atoms with Crippen LogP contribution in [0.5, 0.6) is 11.5 Å². The Hall–Kier alpha value is -3.04. The second kappa shape index (κ2) is 6.00. The van der Waals surface area contributed by atoms with Gasteiger partial charge in [0, 0.05) is 16.7 Å². The SMILES string of the molecule is COc1ccc(C23Oc4ccccc4C=C2c2ccccc2C(C)O3)cc1. The van der Waals surface area contributed by atoms with E-state index in [1.165, 1.54) is 11.1 Å². The fourth-order valence-electron chi connectivity index (χ4n) is 4.00. The Kier molecular flexibility index (Phi) is 3.59. The highest BCUT2D eigenvalue weighted by molar-refractivity contribution is 5.91. The lowest BCUT2D eigenvalue weighted by Gasteiger charge is -2.45. The van der Waals surface area contributed by atoms with Crippen molar-refractivity contribution in [2.45, 2.75) is 18.8 Å². The Bertz CT molecular complexity index is 1040. The summed E-state index contributed by atoms with van der Waals surface area (Å²) in [6, 6.07) is 24.4. The lowest BCUT2D eigenvalue weighted by molar-refractivity contribution is -0.182. The summed E-state index contributed by atoms with van der Waals surface area (Å²) in [7, 11) is 1.67. The number of para-hydroxylation sites is 1. The van der Waals surface area contributed by atoms with Crippen LogP contribution in [0.15, 0.2) is 72.8 Å². The molecule has 5 rings (SSSR count). The number of fused-ring (bicyclic) bond motifs is 4. The number of benzene rings is 3. The summed E-state index contributed by atoms with van der Waals surface area (Å²) in [4.78, 5) is 0. The predicted octanol–water partition coefficient (Wildman–Crippen LogP) is 5.57. The summed E-state index contributed by atoms with van der Waals surface area (Å²) in [6.07, 6.45) is 2.10. The van der Waals surface area contributed by atoms with Gasteiger partial charge < -0.3 is 14.2 Å². The third kappa shape index (κ3) is 2.39. The maximum atomic E-state index is 6.59. The van der Waals surface area contributed by atoms with Gasteiger partial charge in [0.15, 0.2) is 0 Å². The highest BCUT2D eigenvalue weighted by atomic mass is 16.7. The maximum Gasteiger partial charge on any atom is 0.265 e. The van der Waals surface area contributed by atoms with Crippen molar-refractivity contribution < 1.29 is 14.2 Å². The zero-order valence-electron chi connectivity index (χ0n) is 15.3. The first-order valence-corrected chi connectivity index (χ1v) is 9.13. The first-order chi connectivity index (χ1) is 13.2. The molecule has 27 heavy (non-hydrogen) atoms. The fourth-order valence-corrected chi connectivity index (χ4v) is 4.00. The first-order valence-electron chi connectivity index (χ1n) is 9.13. The van der Waals surface area contributed by atoms with Crippen molar-refractivity contribution in [3.63, 3.8) is 0 Å². The average Bonchev–Trinajstić information content (AvgIpc) is 2.73. The molecular weight excluding hydrogens is 336 g/mol. The Morgan fingerprint density at radius 3 is 2.44 bits per heavy atom. The van der Waals surface area contributed by atoms with Crippen molar-refractivity contribution in [1.82, 2.24) is 0 Å². The van der Waals surface area contributed by atoms with Gasteiger partial charge in [0.2, 0.25) is 0 Å². The Morgan fingerprint density at radius 2 is 1.63 bits per heavy atom. The molecule has 2 aliphatic rings. The van der Waals surface area contributed by atoms with Gasteiger partial charge in [0.25, 0.3) is 5.79 Å². The van der Waals surface area contributed by atoms with Gasteiger partial charge in [-0.1, -0.05) is 42.5 Å². The number of hydrogen-bond acceptors (Lipinski definition) is 3. The van der Waals surface area contributed by atoms with E-state index in [0.29, 0.717) is 0 Å². The lowest BCUT2D eigenvalue weighted by Crippen LogP contribution is -2.43. The second-order valence-corrected chi connectivity index (χ2v) is 6.89. The van der Waals surface area contributed by atoms with E-state index in [0.717, 1.165) is 28.2 Å². The molecule has 3 aromatic rings. The monoisotopic (exact) mass is 356 g/mol. The van der Waals surface area contributed by atoms with Crippen LogP contribution in [0.2, 0.25) is 0 Å². The summed E-state index contributed by atoms with van der Waals surface area (Å²) in [5.74, 6) is 0.652. The third-order valence-corrected chi connectivity index (χ3v) is 5.33. The van der Waals surface area contributed by atoms with Gasteiger partial charge in [-0.25, -0.2) is 0 Å². The highest BCUT2D eigenvalue weighted by Crippen LogP contribution is 2.53. The molecule has 2 atom stereocenters. The van der Waals surface area contributed by atoms with Crippen molar-refractivity contribution in [3.05, 3.63) is 95.1 Å². The van der Waals surface area contributed by atoms with Gasteiger partial charge in [-0.2, -0.15) is 0 Å². The minimum Gasteiger partial charge on any atom is -0.497 e. The molecule has 0 saturated carbocycles. The quantitative estimate of drug-likeness (QED) is 0.600. The first kappa shape index (κ1) is 16.2. The van der Waals surface area contributed by atoms with E-state index in [1.54, 1.807) is 7.11 Å². The molecule has 2 aliphatic heterocycles. The maximum absolute atomic E-state index is 6.59. The van der Waals surface area contributed by atoms with Crippen molar-refractivity contribution in [2.24, 2.45) is 0 Å². The standard InChI is InChI=1S/C24H20O3/c1-16-20-8-4-5-9-21(20)22-15-17-7-3-6-10-23(17)27-24(22,26-16)18-11-13-19(25-2)14-12-18/h3-16H,1-2H3. The number of methoxy groups -OCH3 is 1. The number of hydrogen-bond donors (Lipinski definition) is 0. The van der Waals surface area contributed by atoms with Gasteiger partial charge in [-0.05, 0) is 54.5 Å². The van der Waals surface area contributed by atoms with Crippen molar-refractivity contribution in [2.75, 3.05) is 7.11 Å². The van der Waals surface area contributed by atoms with E-state index in [4.69, 9.17) is 14.2 Å². The van der Waals surface area contributed by atoms with Gasteiger partial charge in [0.05, 0.1) is 13.2 Å². The van der Waals surface area contributed by atoms with Crippen LogP contribution >= 0.6 is 0 Å². The second-order valence-electron chi connectivity index (χ2n) is 6.89. The van der Waals surface area contributed by atoms with Crippen molar-refractivity contribution in [3.8, 4) is 11.5 Å². The third-order valence-electron chi connectivity index (χ3n) is 5.33. The molecule has 0 spiro atoms. The van der Waals surface area contributed by atoms with Gasteiger partial charge in [-0.3, -0.25) is 0 Å². The summed E-state index contributed by atoms with van der Waals surface area (Å²) >= 11 is 0. The molecule has 0 aromatic heterocycles. The molecule has 0 radical (unpaired) electrons. The molecule has 0 aliphatic carbocycles. The van der Waals surface area contributed by atoms with Gasteiger partial charge in [0.1, 0.15) is 11.5 Å². The zero-order valence-corrected chi connectivity index (χ0v) is 15.3. The van der Waals surface area contributed by atoms with E-state index in [-0.39, 0.29) is 6.10 Å². The van der Waals surface area contributed by atoms with Gasteiger partial charge in [-0.15, -0.1) is 0 Å². The van der Waals surface area contributed by atoms with E-state index < -0.39 is 5.79 Å². The van der Waals surface area contributed by atoms with E-state index in [1.807, 2.05) is 42.5 Å². The van der Waals surface area contributed by atoms with Gasteiger partial charge >= 0.3 is 0 Å². The molecule has 0 fully saturated rings. The largest absolute Gasteiger partial charge is 0.497 e. The summed E-state index contributed by atoms with van der Waals surface area (Å²) in [5.41, 5.74) is 5.38. The van der Waals surface area contributed by atoms with Crippen molar-refractivity contribution in [1.29, 1.82) is 0 Å². The Labute approximate surface area is 158 Å². The number of ether oxygens (including phenoxy) is 3. The normalized spacial score (nSPS) is 22.6. The highest BCUT2D eigenvalue weighted by Gasteiger charge is 2.48. The van der Waals surface area contributed by atoms with E-state index in [9.17, 15) is 0 Å². The fraction of sp³-hybridized carbons (Fsp3) is 0.167. The minimum absolute atomic E-state index is 0.0919. The van der Waals surface area contributed by atoms with Crippen LogP contribution in [-0.4, -0.2) is 7.11 Å². The molecule has 3 nitrogen and oxygen atoms in total. The number of rotatable bonds is 2. The van der Waals surface area contributed by atoms with E-state index >= 15 is 0 Å².